The number of esters is 1. The van der Waals surface area contributed by atoms with Gasteiger partial charge in [0.2, 0.25) is 0 Å². The van der Waals surface area contributed by atoms with Gasteiger partial charge in [-0.1, -0.05) is 67.6 Å². The number of fused-ring (bicyclic) bond motifs is 1. The summed E-state index contributed by atoms with van der Waals surface area (Å²) in [7, 11) is 1.27. The number of Topliss-reactive ketones (excluding diaryl/α,β-unsaturated/α-hetero) is 1. The first kappa shape index (κ1) is 21.6. The standard InChI is InChI=1S/C25H22N2O4S/c1-3-20-26-24-22(18(15-32-24)16-10-6-4-7-11-16)25(30)27(20)19(14-21(28)31-2)23(29)17-12-8-5-9-13-17/h4-13,15,19H,3,14H2,1-2H3. The fourth-order valence-electron chi connectivity index (χ4n) is 3.78. The number of hydrogen-bond donors (Lipinski definition) is 0. The van der Waals surface area contributed by atoms with Crippen molar-refractivity contribution in [2.45, 2.75) is 25.8 Å². The zero-order valence-corrected chi connectivity index (χ0v) is 18.6. The SMILES string of the molecule is CCc1nc2scc(-c3ccccc3)c2c(=O)n1C(CC(=O)OC)C(=O)c1ccccc1. The van der Waals surface area contributed by atoms with Gasteiger partial charge in [-0.3, -0.25) is 19.0 Å². The molecule has 6 nitrogen and oxygen atoms in total. The lowest BCUT2D eigenvalue weighted by atomic mass is 10.00. The molecule has 0 aliphatic carbocycles. The normalized spacial score (nSPS) is 11.9. The summed E-state index contributed by atoms with van der Waals surface area (Å²) in [6, 6.07) is 17.2. The number of carbonyl (C=O) groups excluding carboxylic acids is 2. The van der Waals surface area contributed by atoms with E-state index >= 15 is 0 Å². The molecule has 0 aliphatic rings. The topological polar surface area (TPSA) is 78.3 Å². The van der Waals surface area contributed by atoms with Crippen LogP contribution in [-0.2, 0) is 16.0 Å². The number of methoxy groups -OCH3 is 1. The third-order valence-corrected chi connectivity index (χ3v) is 6.25. The maximum Gasteiger partial charge on any atom is 0.308 e. The molecule has 4 aromatic rings. The minimum atomic E-state index is -1.05. The van der Waals surface area contributed by atoms with Gasteiger partial charge in [0, 0.05) is 22.9 Å². The lowest BCUT2D eigenvalue weighted by Gasteiger charge is -2.21. The molecule has 4 rings (SSSR count). The third-order valence-electron chi connectivity index (χ3n) is 5.37. The van der Waals surface area contributed by atoms with E-state index in [9.17, 15) is 14.4 Å². The molecule has 0 spiro atoms. The van der Waals surface area contributed by atoms with Crippen LogP contribution in [0.5, 0.6) is 0 Å². The van der Waals surface area contributed by atoms with Gasteiger partial charge < -0.3 is 4.74 Å². The van der Waals surface area contributed by atoms with Gasteiger partial charge in [-0.2, -0.15) is 0 Å². The molecule has 0 fully saturated rings. The van der Waals surface area contributed by atoms with Crippen LogP contribution in [0.25, 0.3) is 21.3 Å². The fourth-order valence-corrected chi connectivity index (χ4v) is 4.74. The summed E-state index contributed by atoms with van der Waals surface area (Å²) in [6.45, 7) is 1.87. The number of nitrogens with zero attached hydrogens (tertiary/aromatic N) is 2. The summed E-state index contributed by atoms with van der Waals surface area (Å²) >= 11 is 1.40. The second-order valence-electron chi connectivity index (χ2n) is 7.28. The van der Waals surface area contributed by atoms with Crippen molar-refractivity contribution in [1.29, 1.82) is 0 Å². The second kappa shape index (κ2) is 9.28. The first-order valence-electron chi connectivity index (χ1n) is 10.3. The molecule has 0 aliphatic heterocycles. The van der Waals surface area contributed by atoms with Gasteiger partial charge in [-0.15, -0.1) is 11.3 Å². The quantitative estimate of drug-likeness (QED) is 0.304. The van der Waals surface area contributed by atoms with Crippen LogP contribution in [0.1, 0.15) is 35.6 Å². The Bertz CT molecular complexity index is 1330. The number of rotatable bonds is 7. The molecule has 2 aromatic carbocycles. The molecule has 0 N–H and O–H groups in total. The Balaban J connectivity index is 1.96. The summed E-state index contributed by atoms with van der Waals surface area (Å²) in [6.07, 6.45) is 0.179. The van der Waals surface area contributed by atoms with Crippen LogP contribution in [0.3, 0.4) is 0 Å². The summed E-state index contributed by atoms with van der Waals surface area (Å²) in [4.78, 5) is 44.9. The van der Waals surface area contributed by atoms with Crippen molar-refractivity contribution < 1.29 is 14.3 Å². The first-order chi connectivity index (χ1) is 15.5. The Morgan fingerprint density at radius 3 is 2.34 bits per heavy atom. The van der Waals surface area contributed by atoms with Crippen LogP contribution < -0.4 is 5.56 Å². The van der Waals surface area contributed by atoms with Crippen LogP contribution in [0.2, 0.25) is 0 Å². The van der Waals surface area contributed by atoms with Crippen LogP contribution >= 0.6 is 11.3 Å². The fraction of sp³-hybridized carbons (Fsp3) is 0.200. The molecule has 32 heavy (non-hydrogen) atoms. The summed E-state index contributed by atoms with van der Waals surface area (Å²) in [5, 5.41) is 2.36. The minimum absolute atomic E-state index is 0.255. The molecule has 7 heteroatoms. The van der Waals surface area contributed by atoms with Gasteiger partial charge in [0.05, 0.1) is 18.9 Å². The largest absolute Gasteiger partial charge is 0.469 e. The van der Waals surface area contributed by atoms with Gasteiger partial charge >= 0.3 is 5.97 Å². The van der Waals surface area contributed by atoms with Gasteiger partial charge in [0.25, 0.3) is 5.56 Å². The maximum atomic E-state index is 13.8. The van der Waals surface area contributed by atoms with E-state index in [2.05, 4.69) is 0 Å². The number of benzene rings is 2. The number of thiophene rings is 1. The number of ketones is 1. The molecule has 2 heterocycles. The van der Waals surface area contributed by atoms with Gasteiger partial charge in [0.15, 0.2) is 5.78 Å². The highest BCUT2D eigenvalue weighted by atomic mass is 32.1. The zero-order chi connectivity index (χ0) is 22.7. The summed E-state index contributed by atoms with van der Waals surface area (Å²) in [5.74, 6) is -0.436. The number of ether oxygens (including phenoxy) is 1. The van der Waals surface area contributed by atoms with Crippen molar-refractivity contribution in [2.75, 3.05) is 7.11 Å². The van der Waals surface area contributed by atoms with Crippen LogP contribution in [0.4, 0.5) is 0 Å². The highest BCUT2D eigenvalue weighted by molar-refractivity contribution is 7.17. The van der Waals surface area contributed by atoms with E-state index in [0.717, 1.165) is 11.1 Å². The number of carbonyl (C=O) groups is 2. The van der Waals surface area contributed by atoms with E-state index in [1.165, 1.54) is 23.0 Å². The zero-order valence-electron chi connectivity index (χ0n) is 17.8. The van der Waals surface area contributed by atoms with Crippen molar-refractivity contribution in [3.8, 4) is 11.1 Å². The average molecular weight is 447 g/mol. The van der Waals surface area contributed by atoms with Gasteiger partial charge in [-0.25, -0.2) is 4.98 Å². The average Bonchev–Trinajstić information content (AvgIpc) is 3.27. The molecule has 0 saturated carbocycles. The first-order valence-corrected chi connectivity index (χ1v) is 11.2. The lowest BCUT2D eigenvalue weighted by Crippen LogP contribution is -2.35. The predicted octanol–water partition coefficient (Wildman–Crippen LogP) is 4.67. The van der Waals surface area contributed by atoms with E-state index in [1.807, 2.05) is 42.6 Å². The van der Waals surface area contributed by atoms with Crippen LogP contribution in [0, 0.1) is 0 Å². The highest BCUT2D eigenvalue weighted by Crippen LogP contribution is 2.32. The molecule has 0 saturated heterocycles. The predicted molar refractivity (Wildman–Crippen MR) is 125 cm³/mol. The van der Waals surface area contributed by atoms with Crippen molar-refractivity contribution >= 4 is 33.3 Å². The second-order valence-corrected chi connectivity index (χ2v) is 8.14. The van der Waals surface area contributed by atoms with Crippen molar-refractivity contribution in [3.63, 3.8) is 0 Å². The monoisotopic (exact) mass is 446 g/mol. The highest BCUT2D eigenvalue weighted by Gasteiger charge is 2.30. The van der Waals surface area contributed by atoms with Crippen molar-refractivity contribution in [1.82, 2.24) is 9.55 Å². The Morgan fingerprint density at radius 2 is 1.72 bits per heavy atom. The summed E-state index contributed by atoms with van der Waals surface area (Å²) < 4.78 is 6.22. The maximum absolute atomic E-state index is 13.8. The minimum Gasteiger partial charge on any atom is -0.469 e. The van der Waals surface area contributed by atoms with Gasteiger partial charge in [-0.05, 0) is 5.56 Å². The van der Waals surface area contributed by atoms with Crippen molar-refractivity contribution in [3.05, 3.63) is 87.8 Å². The number of aryl methyl sites for hydroxylation is 1. The Hall–Kier alpha value is -3.58. The van der Waals surface area contributed by atoms with Crippen LogP contribution in [0.15, 0.2) is 70.8 Å². The molecule has 1 unspecified atom stereocenters. The molecule has 0 bridgehead atoms. The van der Waals surface area contributed by atoms with E-state index in [4.69, 9.17) is 9.72 Å². The number of aromatic nitrogens is 2. The van der Waals surface area contributed by atoms with E-state index in [-0.39, 0.29) is 17.8 Å². The Kier molecular flexibility index (Phi) is 6.28. The van der Waals surface area contributed by atoms with Gasteiger partial charge in [0.1, 0.15) is 16.7 Å². The lowest BCUT2D eigenvalue weighted by molar-refractivity contribution is -0.141. The number of hydrogen-bond acceptors (Lipinski definition) is 6. The molecule has 0 radical (unpaired) electrons. The third kappa shape index (κ3) is 3.99. The van der Waals surface area contributed by atoms with Crippen LogP contribution in [-0.4, -0.2) is 28.4 Å². The molecular formula is C25H22N2O4S. The molecule has 0 amide bonds. The molecule has 162 valence electrons. The van der Waals surface area contributed by atoms with Crippen molar-refractivity contribution in [2.24, 2.45) is 0 Å². The molecular weight excluding hydrogens is 424 g/mol. The molecule has 2 aromatic heterocycles. The van der Waals surface area contributed by atoms with E-state index in [0.29, 0.717) is 28.0 Å². The molecule has 1 atom stereocenters. The summed E-state index contributed by atoms with van der Waals surface area (Å²) in [5.41, 5.74) is 1.75. The Morgan fingerprint density at radius 1 is 1.06 bits per heavy atom. The van der Waals surface area contributed by atoms with E-state index < -0.39 is 12.0 Å². The smallest absolute Gasteiger partial charge is 0.308 e. The van der Waals surface area contributed by atoms with E-state index in [1.54, 1.807) is 30.3 Å². The Labute approximate surface area is 189 Å².